The number of rotatable bonds is 3. The highest BCUT2D eigenvalue weighted by molar-refractivity contribution is 6.36. The number of nitrogens with zero attached hydrogens (tertiary/aromatic N) is 1. The van der Waals surface area contributed by atoms with E-state index in [2.05, 4.69) is 132 Å². The fraction of sp³-hybridized carbons (Fsp3) is 0.0270. The van der Waals surface area contributed by atoms with Crippen molar-refractivity contribution in [2.45, 2.75) is 6.42 Å². The van der Waals surface area contributed by atoms with Crippen molar-refractivity contribution in [2.75, 3.05) is 0 Å². The van der Waals surface area contributed by atoms with Crippen LogP contribution < -0.4 is 5.46 Å². The Labute approximate surface area is 229 Å². The summed E-state index contributed by atoms with van der Waals surface area (Å²) in [6.07, 6.45) is 0.951. The lowest BCUT2D eigenvalue weighted by Crippen LogP contribution is -2.06. The molecule has 0 bridgehead atoms. The number of hydrogen-bond donors (Lipinski definition) is 0. The van der Waals surface area contributed by atoms with E-state index >= 15 is 0 Å². The van der Waals surface area contributed by atoms with E-state index in [1.807, 2.05) is 6.07 Å². The molecular weight excluding hydrogens is 469 g/mol. The maximum Gasteiger partial charge on any atom is 0.114 e. The van der Waals surface area contributed by atoms with Crippen LogP contribution in [-0.4, -0.2) is 12.4 Å². The van der Waals surface area contributed by atoms with Crippen molar-refractivity contribution in [1.82, 2.24) is 4.57 Å². The molecule has 1 aromatic heterocycles. The lowest BCUT2D eigenvalue weighted by molar-refractivity contribution is 1.18. The van der Waals surface area contributed by atoms with Crippen LogP contribution in [0, 0.1) is 0 Å². The molecule has 7 aromatic rings. The molecule has 0 N–H and O–H groups in total. The van der Waals surface area contributed by atoms with Gasteiger partial charge in [-0.2, -0.15) is 0 Å². The Morgan fingerprint density at radius 2 is 1.18 bits per heavy atom. The summed E-state index contributed by atoms with van der Waals surface area (Å²) >= 11 is 0. The molecule has 0 saturated heterocycles. The average Bonchev–Trinajstić information content (AvgIpc) is 3.53. The van der Waals surface area contributed by atoms with Gasteiger partial charge in [-0.05, 0) is 93.4 Å². The van der Waals surface area contributed by atoms with Gasteiger partial charge in [-0.3, -0.25) is 0 Å². The van der Waals surface area contributed by atoms with Crippen LogP contribution >= 0.6 is 0 Å². The van der Waals surface area contributed by atoms with Crippen molar-refractivity contribution in [3.63, 3.8) is 0 Å². The molecule has 2 heteroatoms. The molecule has 0 saturated carbocycles. The van der Waals surface area contributed by atoms with Crippen LogP contribution in [0.15, 0.2) is 133 Å². The van der Waals surface area contributed by atoms with Gasteiger partial charge in [-0.1, -0.05) is 96.5 Å². The van der Waals surface area contributed by atoms with Gasteiger partial charge >= 0.3 is 0 Å². The van der Waals surface area contributed by atoms with Gasteiger partial charge in [0.25, 0.3) is 0 Å². The molecule has 1 aliphatic carbocycles. The molecule has 180 valence electrons. The first kappa shape index (κ1) is 22.2. The molecule has 39 heavy (non-hydrogen) atoms. The number of fused-ring (bicyclic) bond motifs is 6. The average molecular weight is 493 g/mol. The van der Waals surface area contributed by atoms with Crippen LogP contribution in [0.1, 0.15) is 11.1 Å². The SMILES string of the molecule is [B]c1cccc2c1-c1cc(-c3cccc(-c4ccc5c(c4)c4ccccc4n5-c4ccccc4)c3)ccc1C2. The largest absolute Gasteiger partial charge is 0.309 e. The van der Waals surface area contributed by atoms with E-state index in [1.165, 1.54) is 72.0 Å². The zero-order valence-electron chi connectivity index (χ0n) is 21.4. The molecule has 0 unspecified atom stereocenters. The van der Waals surface area contributed by atoms with Crippen LogP contribution in [0.4, 0.5) is 0 Å². The second-order valence-corrected chi connectivity index (χ2v) is 10.4. The fourth-order valence-electron chi connectivity index (χ4n) is 6.33. The van der Waals surface area contributed by atoms with Crippen molar-refractivity contribution in [3.8, 4) is 39.1 Å². The summed E-state index contributed by atoms with van der Waals surface area (Å²) in [7, 11) is 6.40. The zero-order chi connectivity index (χ0) is 25.9. The van der Waals surface area contributed by atoms with Gasteiger partial charge in [0.15, 0.2) is 0 Å². The monoisotopic (exact) mass is 493 g/mol. The lowest BCUT2D eigenvalue weighted by Gasteiger charge is -2.11. The summed E-state index contributed by atoms with van der Waals surface area (Å²) in [4.78, 5) is 0. The normalized spacial score (nSPS) is 12.1. The number of aromatic nitrogens is 1. The molecular formula is C37H24BN. The van der Waals surface area contributed by atoms with Gasteiger partial charge in [0.1, 0.15) is 7.85 Å². The Bertz CT molecular complexity index is 2050. The van der Waals surface area contributed by atoms with E-state index in [1.54, 1.807) is 0 Å². The standard InChI is InChI=1S/C37H24BN/c38-34-14-7-10-29-21-28-17-16-26(22-32(28)37(29)34)24-8-6-9-25(20-24)27-18-19-36-33(23-27)31-13-4-5-15-35(31)39(36)30-11-2-1-3-12-30/h1-20,22-23H,21H2. The minimum Gasteiger partial charge on any atom is -0.309 e. The minimum atomic E-state index is 0.861. The Hall–Kier alpha value is -4.82. The number of para-hydroxylation sites is 2. The first-order valence-electron chi connectivity index (χ1n) is 13.4. The third kappa shape index (κ3) is 3.49. The van der Waals surface area contributed by atoms with Crippen molar-refractivity contribution in [2.24, 2.45) is 0 Å². The van der Waals surface area contributed by atoms with E-state index in [4.69, 9.17) is 7.85 Å². The Balaban J connectivity index is 1.25. The molecule has 0 spiro atoms. The van der Waals surface area contributed by atoms with E-state index < -0.39 is 0 Å². The highest BCUT2D eigenvalue weighted by Gasteiger charge is 2.20. The molecule has 1 aliphatic rings. The summed E-state index contributed by atoms with van der Waals surface area (Å²) < 4.78 is 2.36. The Kier molecular flexibility index (Phi) is 4.90. The summed E-state index contributed by atoms with van der Waals surface area (Å²) in [6, 6.07) is 48.1. The van der Waals surface area contributed by atoms with Gasteiger partial charge < -0.3 is 4.57 Å². The second-order valence-electron chi connectivity index (χ2n) is 10.4. The zero-order valence-corrected chi connectivity index (χ0v) is 21.4. The predicted octanol–water partition coefficient (Wildman–Crippen LogP) is 8.48. The Morgan fingerprint density at radius 1 is 0.487 bits per heavy atom. The lowest BCUT2D eigenvalue weighted by atomic mass is 9.86. The van der Waals surface area contributed by atoms with Gasteiger partial charge in [-0.25, -0.2) is 0 Å². The predicted molar refractivity (Wildman–Crippen MR) is 165 cm³/mol. The summed E-state index contributed by atoms with van der Waals surface area (Å²) in [5, 5.41) is 2.53. The number of benzene rings is 6. The highest BCUT2D eigenvalue weighted by atomic mass is 15.0. The minimum absolute atomic E-state index is 0.861. The van der Waals surface area contributed by atoms with Gasteiger partial charge in [0.05, 0.1) is 11.0 Å². The van der Waals surface area contributed by atoms with Crippen molar-refractivity contribution < 1.29 is 0 Å². The van der Waals surface area contributed by atoms with Crippen LogP contribution in [-0.2, 0) is 6.42 Å². The molecule has 1 heterocycles. The molecule has 0 fully saturated rings. The van der Waals surface area contributed by atoms with Crippen LogP contribution in [0.2, 0.25) is 0 Å². The molecule has 8 rings (SSSR count). The van der Waals surface area contributed by atoms with Crippen molar-refractivity contribution in [1.29, 1.82) is 0 Å². The number of hydrogen-bond acceptors (Lipinski definition) is 0. The van der Waals surface area contributed by atoms with Gasteiger partial charge in [0.2, 0.25) is 0 Å². The smallest absolute Gasteiger partial charge is 0.114 e. The van der Waals surface area contributed by atoms with Crippen molar-refractivity contribution in [3.05, 3.63) is 145 Å². The first-order valence-corrected chi connectivity index (χ1v) is 13.4. The molecule has 0 amide bonds. The van der Waals surface area contributed by atoms with Crippen LogP contribution in [0.3, 0.4) is 0 Å². The molecule has 0 atom stereocenters. The summed E-state index contributed by atoms with van der Waals surface area (Å²) in [6.45, 7) is 0. The maximum atomic E-state index is 6.40. The first-order chi connectivity index (χ1) is 19.2. The summed E-state index contributed by atoms with van der Waals surface area (Å²) in [5.74, 6) is 0. The second kappa shape index (κ2) is 8.61. The molecule has 0 aliphatic heterocycles. The fourth-order valence-corrected chi connectivity index (χ4v) is 6.33. The van der Waals surface area contributed by atoms with E-state index in [0.717, 1.165) is 11.9 Å². The van der Waals surface area contributed by atoms with Crippen LogP contribution in [0.25, 0.3) is 60.9 Å². The van der Waals surface area contributed by atoms with E-state index in [9.17, 15) is 0 Å². The third-order valence-electron chi connectivity index (χ3n) is 8.16. The molecule has 1 nitrogen and oxygen atoms in total. The quantitative estimate of drug-likeness (QED) is 0.218. The van der Waals surface area contributed by atoms with Crippen LogP contribution in [0.5, 0.6) is 0 Å². The topological polar surface area (TPSA) is 4.93 Å². The van der Waals surface area contributed by atoms with Gasteiger partial charge in [-0.15, -0.1) is 0 Å². The highest BCUT2D eigenvalue weighted by Crippen LogP contribution is 2.39. The Morgan fingerprint density at radius 3 is 2.05 bits per heavy atom. The maximum absolute atomic E-state index is 6.40. The molecule has 6 aromatic carbocycles. The summed E-state index contributed by atoms with van der Waals surface area (Å²) in [5.41, 5.74) is 14.5. The third-order valence-corrected chi connectivity index (χ3v) is 8.16. The van der Waals surface area contributed by atoms with Crippen molar-refractivity contribution >= 4 is 35.1 Å². The van der Waals surface area contributed by atoms with Gasteiger partial charge in [0, 0.05) is 16.5 Å². The van der Waals surface area contributed by atoms with E-state index in [0.29, 0.717) is 0 Å². The van der Waals surface area contributed by atoms with E-state index in [-0.39, 0.29) is 0 Å². The molecule has 2 radical (unpaired) electrons.